The molecular weight excluding hydrogens is 244 g/mol. The highest BCUT2D eigenvalue weighted by Gasteiger charge is 2.01. The van der Waals surface area contributed by atoms with Crippen molar-refractivity contribution in [2.75, 3.05) is 5.73 Å². The van der Waals surface area contributed by atoms with Crippen LogP contribution in [0.25, 0.3) is 22.4 Å². The summed E-state index contributed by atoms with van der Waals surface area (Å²) < 4.78 is 0. The molecule has 0 aliphatic heterocycles. The Morgan fingerprint density at radius 1 is 0.700 bits per heavy atom. The summed E-state index contributed by atoms with van der Waals surface area (Å²) in [6.45, 7) is 2.10. The lowest BCUT2D eigenvalue weighted by Gasteiger charge is -2.05. The third kappa shape index (κ3) is 2.54. The molecule has 0 radical (unpaired) electrons. The van der Waals surface area contributed by atoms with E-state index in [9.17, 15) is 0 Å². The maximum Gasteiger partial charge on any atom is 0.124 e. The molecule has 0 aliphatic carbocycles. The number of aromatic nitrogens is 1. The highest BCUT2D eigenvalue weighted by molar-refractivity contribution is 5.69. The molecule has 0 spiro atoms. The smallest absolute Gasteiger partial charge is 0.124 e. The lowest BCUT2D eigenvalue weighted by Crippen LogP contribution is -1.91. The SMILES string of the molecule is Cc1ccc(-c2ccc(-c3cccc(N)n3)cc2)cc1. The molecule has 0 atom stereocenters. The van der Waals surface area contributed by atoms with Gasteiger partial charge in [-0.05, 0) is 30.2 Å². The second kappa shape index (κ2) is 5.17. The number of nitrogens with zero attached hydrogens (tertiary/aromatic N) is 1. The van der Waals surface area contributed by atoms with E-state index >= 15 is 0 Å². The third-order valence-electron chi connectivity index (χ3n) is 3.34. The van der Waals surface area contributed by atoms with Gasteiger partial charge in [-0.1, -0.05) is 60.2 Å². The molecule has 3 rings (SSSR count). The van der Waals surface area contributed by atoms with E-state index in [4.69, 9.17) is 5.73 Å². The Morgan fingerprint density at radius 2 is 1.25 bits per heavy atom. The predicted molar refractivity (Wildman–Crippen MR) is 84.3 cm³/mol. The zero-order valence-electron chi connectivity index (χ0n) is 11.4. The van der Waals surface area contributed by atoms with Crippen molar-refractivity contribution in [2.45, 2.75) is 6.92 Å². The van der Waals surface area contributed by atoms with Crippen LogP contribution in [-0.4, -0.2) is 4.98 Å². The van der Waals surface area contributed by atoms with Crippen molar-refractivity contribution in [1.82, 2.24) is 4.98 Å². The van der Waals surface area contributed by atoms with Crippen LogP contribution in [0.4, 0.5) is 5.82 Å². The van der Waals surface area contributed by atoms with Crippen LogP contribution < -0.4 is 5.73 Å². The summed E-state index contributed by atoms with van der Waals surface area (Å²) in [5.41, 5.74) is 11.4. The molecule has 2 nitrogen and oxygen atoms in total. The Kier molecular flexibility index (Phi) is 3.21. The van der Waals surface area contributed by atoms with Gasteiger partial charge in [-0.15, -0.1) is 0 Å². The molecule has 1 heterocycles. The van der Waals surface area contributed by atoms with Gasteiger partial charge in [-0.3, -0.25) is 0 Å². The molecule has 0 bridgehead atoms. The molecule has 0 saturated carbocycles. The van der Waals surface area contributed by atoms with E-state index in [1.54, 1.807) is 6.07 Å². The van der Waals surface area contributed by atoms with Crippen molar-refractivity contribution >= 4 is 5.82 Å². The van der Waals surface area contributed by atoms with Gasteiger partial charge >= 0.3 is 0 Å². The fraction of sp³-hybridized carbons (Fsp3) is 0.0556. The average Bonchev–Trinajstić information content (AvgIpc) is 2.48. The van der Waals surface area contributed by atoms with E-state index in [-0.39, 0.29) is 0 Å². The molecule has 0 fully saturated rings. The minimum absolute atomic E-state index is 0.546. The van der Waals surface area contributed by atoms with Crippen molar-refractivity contribution < 1.29 is 0 Å². The fourth-order valence-electron chi connectivity index (χ4n) is 2.19. The summed E-state index contributed by atoms with van der Waals surface area (Å²) in [6.07, 6.45) is 0. The fourth-order valence-corrected chi connectivity index (χ4v) is 2.19. The van der Waals surface area contributed by atoms with Gasteiger partial charge in [0.25, 0.3) is 0 Å². The van der Waals surface area contributed by atoms with Gasteiger partial charge in [0.05, 0.1) is 5.69 Å². The number of pyridine rings is 1. The second-order valence-electron chi connectivity index (χ2n) is 4.89. The molecule has 20 heavy (non-hydrogen) atoms. The molecular formula is C18H16N2. The van der Waals surface area contributed by atoms with E-state index in [2.05, 4.69) is 60.4 Å². The number of aryl methyl sites for hydroxylation is 1. The first kappa shape index (κ1) is 12.4. The Labute approximate surface area is 118 Å². The number of nitrogen functional groups attached to an aromatic ring is 1. The van der Waals surface area contributed by atoms with Crippen LogP contribution in [0.3, 0.4) is 0 Å². The predicted octanol–water partition coefficient (Wildman–Crippen LogP) is 4.31. The number of hydrogen-bond acceptors (Lipinski definition) is 2. The second-order valence-corrected chi connectivity index (χ2v) is 4.89. The lowest BCUT2D eigenvalue weighted by molar-refractivity contribution is 1.33. The molecule has 2 aromatic carbocycles. The number of benzene rings is 2. The van der Waals surface area contributed by atoms with Gasteiger partial charge in [0.2, 0.25) is 0 Å². The standard InChI is InChI=1S/C18H16N2/c1-13-5-7-14(8-6-13)15-9-11-16(12-10-15)17-3-2-4-18(19)20-17/h2-12H,1H3,(H2,19,20). The zero-order chi connectivity index (χ0) is 13.9. The first-order valence-electron chi connectivity index (χ1n) is 6.62. The van der Waals surface area contributed by atoms with Crippen LogP contribution >= 0.6 is 0 Å². The van der Waals surface area contributed by atoms with Gasteiger partial charge in [0.15, 0.2) is 0 Å². The van der Waals surface area contributed by atoms with Crippen molar-refractivity contribution in [1.29, 1.82) is 0 Å². The molecule has 98 valence electrons. The monoisotopic (exact) mass is 260 g/mol. The van der Waals surface area contributed by atoms with E-state index in [0.717, 1.165) is 11.3 Å². The first-order chi connectivity index (χ1) is 9.72. The molecule has 0 aliphatic rings. The largest absolute Gasteiger partial charge is 0.384 e. The van der Waals surface area contributed by atoms with Gasteiger partial charge in [0.1, 0.15) is 5.82 Å². The average molecular weight is 260 g/mol. The number of hydrogen-bond donors (Lipinski definition) is 1. The van der Waals surface area contributed by atoms with Gasteiger partial charge in [0, 0.05) is 5.56 Å². The minimum Gasteiger partial charge on any atom is -0.384 e. The minimum atomic E-state index is 0.546. The summed E-state index contributed by atoms with van der Waals surface area (Å²) in [6, 6.07) is 22.6. The molecule has 1 aromatic heterocycles. The van der Waals surface area contributed by atoms with Crippen molar-refractivity contribution in [2.24, 2.45) is 0 Å². The summed E-state index contributed by atoms with van der Waals surface area (Å²) in [5.74, 6) is 0.546. The van der Waals surface area contributed by atoms with E-state index < -0.39 is 0 Å². The van der Waals surface area contributed by atoms with Crippen LogP contribution in [-0.2, 0) is 0 Å². The molecule has 3 aromatic rings. The van der Waals surface area contributed by atoms with E-state index in [0.29, 0.717) is 5.82 Å². The normalized spacial score (nSPS) is 10.4. The highest BCUT2D eigenvalue weighted by Crippen LogP contribution is 2.24. The number of anilines is 1. The molecule has 0 saturated heterocycles. The Bertz CT molecular complexity index is 713. The summed E-state index contributed by atoms with van der Waals surface area (Å²) >= 11 is 0. The van der Waals surface area contributed by atoms with Gasteiger partial charge in [-0.25, -0.2) is 4.98 Å². The molecule has 2 N–H and O–H groups in total. The van der Waals surface area contributed by atoms with E-state index in [1.165, 1.54) is 16.7 Å². The summed E-state index contributed by atoms with van der Waals surface area (Å²) in [5, 5.41) is 0. The summed E-state index contributed by atoms with van der Waals surface area (Å²) in [4.78, 5) is 4.34. The first-order valence-corrected chi connectivity index (χ1v) is 6.62. The van der Waals surface area contributed by atoms with Crippen LogP contribution in [0.15, 0.2) is 66.7 Å². The van der Waals surface area contributed by atoms with Crippen molar-refractivity contribution in [3.8, 4) is 22.4 Å². The summed E-state index contributed by atoms with van der Waals surface area (Å²) in [7, 11) is 0. The lowest BCUT2D eigenvalue weighted by atomic mass is 10.0. The number of rotatable bonds is 2. The van der Waals surface area contributed by atoms with Crippen LogP contribution in [0.1, 0.15) is 5.56 Å². The van der Waals surface area contributed by atoms with Gasteiger partial charge in [-0.2, -0.15) is 0 Å². The third-order valence-corrected chi connectivity index (χ3v) is 3.34. The Balaban J connectivity index is 1.93. The van der Waals surface area contributed by atoms with Crippen LogP contribution in [0.5, 0.6) is 0 Å². The molecule has 0 amide bonds. The zero-order valence-corrected chi connectivity index (χ0v) is 11.4. The maximum absolute atomic E-state index is 5.72. The maximum atomic E-state index is 5.72. The highest BCUT2D eigenvalue weighted by atomic mass is 14.8. The number of nitrogens with two attached hydrogens (primary N) is 1. The quantitative estimate of drug-likeness (QED) is 0.745. The Morgan fingerprint density at radius 3 is 1.85 bits per heavy atom. The van der Waals surface area contributed by atoms with Crippen LogP contribution in [0, 0.1) is 6.92 Å². The van der Waals surface area contributed by atoms with Crippen molar-refractivity contribution in [3.63, 3.8) is 0 Å². The Hall–Kier alpha value is -2.61. The van der Waals surface area contributed by atoms with Crippen molar-refractivity contribution in [3.05, 3.63) is 72.3 Å². The topological polar surface area (TPSA) is 38.9 Å². The molecule has 2 heteroatoms. The molecule has 0 unspecified atom stereocenters. The van der Waals surface area contributed by atoms with Crippen LogP contribution in [0.2, 0.25) is 0 Å². The van der Waals surface area contributed by atoms with Gasteiger partial charge < -0.3 is 5.73 Å². The van der Waals surface area contributed by atoms with E-state index in [1.807, 2.05) is 12.1 Å².